The molecule has 1 amide bonds. The van der Waals surface area contributed by atoms with E-state index in [0.717, 1.165) is 4.47 Å². The molecule has 0 saturated carbocycles. The number of amides is 1. The van der Waals surface area contributed by atoms with Gasteiger partial charge in [0, 0.05) is 30.7 Å². The van der Waals surface area contributed by atoms with E-state index in [4.69, 9.17) is 10.9 Å². The Balaban J connectivity index is 1.99. The Kier molecular flexibility index (Phi) is 5.03. The van der Waals surface area contributed by atoms with Gasteiger partial charge in [0.15, 0.2) is 5.84 Å². The van der Waals surface area contributed by atoms with Gasteiger partial charge < -0.3 is 20.9 Å². The third-order valence-electron chi connectivity index (χ3n) is 3.36. The lowest BCUT2D eigenvalue weighted by molar-refractivity contribution is 0.0650. The minimum absolute atomic E-state index is 0.0257. The highest BCUT2D eigenvalue weighted by Crippen LogP contribution is 2.23. The van der Waals surface area contributed by atoms with E-state index in [9.17, 15) is 9.90 Å². The van der Waals surface area contributed by atoms with Gasteiger partial charge >= 0.3 is 0 Å². The Bertz CT molecular complexity index is 556. The average molecular weight is 357 g/mol. The second kappa shape index (κ2) is 6.77. The van der Waals surface area contributed by atoms with Gasteiger partial charge in [-0.1, -0.05) is 21.1 Å². The number of piperazine rings is 1. The number of rotatable bonds is 3. The molecule has 21 heavy (non-hydrogen) atoms. The van der Waals surface area contributed by atoms with Crippen molar-refractivity contribution in [3.05, 3.63) is 28.2 Å². The molecule has 1 aromatic rings. The number of aromatic hydroxyl groups is 1. The molecule has 7 nitrogen and oxygen atoms in total. The van der Waals surface area contributed by atoms with E-state index in [1.807, 2.05) is 4.90 Å². The van der Waals surface area contributed by atoms with E-state index < -0.39 is 0 Å². The minimum atomic E-state index is -0.197. The Morgan fingerprint density at radius 1 is 1.33 bits per heavy atom. The zero-order chi connectivity index (χ0) is 15.4. The highest BCUT2D eigenvalue weighted by molar-refractivity contribution is 9.10. The Labute approximate surface area is 130 Å². The van der Waals surface area contributed by atoms with Gasteiger partial charge in [0.1, 0.15) is 5.75 Å². The lowest BCUT2D eigenvalue weighted by Gasteiger charge is -2.34. The Hall–Kier alpha value is -1.80. The van der Waals surface area contributed by atoms with Gasteiger partial charge in [0.05, 0.1) is 12.1 Å². The van der Waals surface area contributed by atoms with Crippen molar-refractivity contribution in [2.24, 2.45) is 10.9 Å². The van der Waals surface area contributed by atoms with Crippen LogP contribution in [0.5, 0.6) is 5.75 Å². The number of carbonyl (C=O) groups is 1. The van der Waals surface area contributed by atoms with Crippen LogP contribution in [0.4, 0.5) is 0 Å². The molecule has 0 radical (unpaired) electrons. The molecule has 1 aliphatic heterocycles. The third-order valence-corrected chi connectivity index (χ3v) is 3.86. The van der Waals surface area contributed by atoms with Crippen molar-refractivity contribution >= 4 is 27.7 Å². The molecule has 2 rings (SSSR count). The van der Waals surface area contributed by atoms with Crippen molar-refractivity contribution in [3.8, 4) is 5.75 Å². The lowest BCUT2D eigenvalue weighted by Crippen LogP contribution is -2.50. The fraction of sp³-hybridized carbons (Fsp3) is 0.385. The van der Waals surface area contributed by atoms with Gasteiger partial charge in [-0.05, 0) is 18.2 Å². The van der Waals surface area contributed by atoms with Crippen molar-refractivity contribution < 1.29 is 15.1 Å². The van der Waals surface area contributed by atoms with Crippen molar-refractivity contribution in [2.75, 3.05) is 32.7 Å². The largest absolute Gasteiger partial charge is 0.507 e. The molecule has 1 heterocycles. The monoisotopic (exact) mass is 356 g/mol. The first-order valence-electron chi connectivity index (χ1n) is 6.48. The van der Waals surface area contributed by atoms with Crippen LogP contribution in [0.2, 0.25) is 0 Å². The number of amidine groups is 1. The van der Waals surface area contributed by atoms with Crippen molar-refractivity contribution in [2.45, 2.75) is 0 Å². The number of oxime groups is 1. The van der Waals surface area contributed by atoms with E-state index in [1.165, 1.54) is 6.07 Å². The quantitative estimate of drug-likeness (QED) is 0.319. The van der Waals surface area contributed by atoms with Crippen molar-refractivity contribution in [1.82, 2.24) is 9.80 Å². The Morgan fingerprint density at radius 3 is 2.62 bits per heavy atom. The molecular weight excluding hydrogens is 340 g/mol. The molecule has 1 aromatic carbocycles. The summed E-state index contributed by atoms with van der Waals surface area (Å²) in [5, 5.41) is 21.3. The average Bonchev–Trinajstić information content (AvgIpc) is 2.49. The molecule has 114 valence electrons. The molecule has 0 spiro atoms. The second-order valence-electron chi connectivity index (χ2n) is 4.82. The van der Waals surface area contributed by atoms with E-state index in [-0.39, 0.29) is 23.1 Å². The molecule has 1 fully saturated rings. The molecule has 4 N–H and O–H groups in total. The highest BCUT2D eigenvalue weighted by atomic mass is 79.9. The predicted octanol–water partition coefficient (Wildman–Crippen LogP) is 0.659. The van der Waals surface area contributed by atoms with Gasteiger partial charge in [-0.25, -0.2) is 0 Å². The molecule has 0 atom stereocenters. The number of halogens is 1. The summed E-state index contributed by atoms with van der Waals surface area (Å²) in [5.74, 6) is -0.0704. The lowest BCUT2D eigenvalue weighted by atomic mass is 10.1. The predicted molar refractivity (Wildman–Crippen MR) is 81.6 cm³/mol. The van der Waals surface area contributed by atoms with E-state index in [0.29, 0.717) is 32.7 Å². The third kappa shape index (κ3) is 3.85. The molecular formula is C13H17BrN4O3. The number of nitrogens with zero attached hydrogens (tertiary/aromatic N) is 3. The van der Waals surface area contributed by atoms with E-state index in [2.05, 4.69) is 21.1 Å². The summed E-state index contributed by atoms with van der Waals surface area (Å²) in [4.78, 5) is 16.1. The number of phenols is 1. The molecule has 1 aliphatic rings. The molecule has 0 aliphatic carbocycles. The summed E-state index contributed by atoms with van der Waals surface area (Å²) in [6.45, 7) is 2.71. The first-order chi connectivity index (χ1) is 10.0. The number of hydrogen-bond acceptors (Lipinski definition) is 5. The number of carbonyl (C=O) groups excluding carboxylic acids is 1. The fourth-order valence-electron chi connectivity index (χ4n) is 2.22. The fourth-order valence-corrected chi connectivity index (χ4v) is 2.58. The first kappa shape index (κ1) is 15.6. The van der Waals surface area contributed by atoms with E-state index >= 15 is 0 Å². The number of phenolic OH excluding ortho intramolecular Hbond substituents is 1. The maximum atomic E-state index is 12.4. The summed E-state index contributed by atoms with van der Waals surface area (Å²) in [5.41, 5.74) is 5.75. The zero-order valence-electron chi connectivity index (χ0n) is 11.4. The standard InChI is InChI=1S/C13H17BrN4O3/c14-9-1-2-11(19)10(7-9)13(20)18-5-3-17(4-6-18)8-12(15)16-21/h1-2,7,19,21H,3-6,8H2,(H2,15,16). The van der Waals surface area contributed by atoms with Crippen LogP contribution >= 0.6 is 15.9 Å². The van der Waals surface area contributed by atoms with Crippen LogP contribution in [0.3, 0.4) is 0 Å². The van der Waals surface area contributed by atoms with Crippen LogP contribution in [-0.4, -0.2) is 64.6 Å². The molecule has 0 unspecified atom stereocenters. The number of hydrogen-bond donors (Lipinski definition) is 3. The molecule has 1 saturated heterocycles. The van der Waals surface area contributed by atoms with Gasteiger partial charge in [0.2, 0.25) is 0 Å². The Morgan fingerprint density at radius 2 is 2.00 bits per heavy atom. The number of nitrogens with two attached hydrogens (primary N) is 1. The zero-order valence-corrected chi connectivity index (χ0v) is 13.0. The van der Waals surface area contributed by atoms with Gasteiger partial charge in [-0.15, -0.1) is 0 Å². The van der Waals surface area contributed by atoms with Crippen LogP contribution in [-0.2, 0) is 0 Å². The van der Waals surface area contributed by atoms with Crippen molar-refractivity contribution in [3.63, 3.8) is 0 Å². The second-order valence-corrected chi connectivity index (χ2v) is 5.74. The maximum absolute atomic E-state index is 12.4. The number of benzene rings is 1. The minimum Gasteiger partial charge on any atom is -0.507 e. The summed E-state index contributed by atoms with van der Waals surface area (Å²) in [7, 11) is 0. The maximum Gasteiger partial charge on any atom is 0.257 e. The van der Waals surface area contributed by atoms with Gasteiger partial charge in [-0.3, -0.25) is 9.69 Å². The summed E-state index contributed by atoms with van der Waals surface area (Å²) < 4.78 is 0.745. The summed E-state index contributed by atoms with van der Waals surface area (Å²) >= 11 is 3.29. The van der Waals surface area contributed by atoms with E-state index in [1.54, 1.807) is 17.0 Å². The first-order valence-corrected chi connectivity index (χ1v) is 7.27. The smallest absolute Gasteiger partial charge is 0.257 e. The normalized spacial score (nSPS) is 17.0. The van der Waals surface area contributed by atoms with Crippen LogP contribution in [0.25, 0.3) is 0 Å². The summed E-state index contributed by atoms with van der Waals surface area (Å²) in [6, 6.07) is 4.79. The van der Waals surface area contributed by atoms with Gasteiger partial charge in [0.25, 0.3) is 5.91 Å². The van der Waals surface area contributed by atoms with Crippen molar-refractivity contribution in [1.29, 1.82) is 0 Å². The van der Waals surface area contributed by atoms with Crippen LogP contribution < -0.4 is 5.73 Å². The van der Waals surface area contributed by atoms with Crippen LogP contribution in [0.15, 0.2) is 27.8 Å². The van der Waals surface area contributed by atoms with Crippen LogP contribution in [0, 0.1) is 0 Å². The molecule has 0 bridgehead atoms. The topological polar surface area (TPSA) is 102 Å². The molecule has 0 aromatic heterocycles. The SMILES string of the molecule is N/C(CN1CCN(C(=O)c2cc(Br)ccc2O)CC1)=N/O. The summed E-state index contributed by atoms with van der Waals surface area (Å²) in [6.07, 6.45) is 0. The van der Waals surface area contributed by atoms with Crippen LogP contribution in [0.1, 0.15) is 10.4 Å². The van der Waals surface area contributed by atoms with Gasteiger partial charge in [-0.2, -0.15) is 0 Å². The highest BCUT2D eigenvalue weighted by Gasteiger charge is 2.24. The molecule has 8 heteroatoms.